The minimum absolute atomic E-state index is 0.119. The number of carboxylic acid groups (broad SMARTS) is 1. The number of benzene rings is 1. The van der Waals surface area contributed by atoms with Crippen LogP contribution in [0.1, 0.15) is 38.6 Å². The van der Waals surface area contributed by atoms with Crippen LogP contribution in [-0.4, -0.2) is 18.2 Å². The second-order valence-corrected chi connectivity index (χ2v) is 6.10. The Morgan fingerprint density at radius 2 is 2.14 bits per heavy atom. The summed E-state index contributed by atoms with van der Waals surface area (Å²) in [6.07, 6.45) is 0. The van der Waals surface area contributed by atoms with Crippen molar-refractivity contribution in [3.05, 3.63) is 51.2 Å². The zero-order chi connectivity index (χ0) is 15.4. The van der Waals surface area contributed by atoms with E-state index in [1.165, 1.54) is 11.3 Å². The van der Waals surface area contributed by atoms with Crippen LogP contribution in [0.5, 0.6) is 5.75 Å². The first-order valence-corrected chi connectivity index (χ1v) is 7.53. The lowest BCUT2D eigenvalue weighted by Crippen LogP contribution is -2.18. The van der Waals surface area contributed by atoms with E-state index in [0.717, 1.165) is 21.8 Å². The third kappa shape index (κ3) is 3.62. The van der Waals surface area contributed by atoms with Gasteiger partial charge < -0.3 is 15.2 Å². The molecule has 1 atom stereocenters. The number of rotatable bonds is 6. The van der Waals surface area contributed by atoms with Crippen molar-refractivity contribution in [2.75, 3.05) is 7.11 Å². The molecule has 2 aromatic rings. The molecular weight excluding hydrogens is 286 g/mol. The van der Waals surface area contributed by atoms with Crippen LogP contribution in [0.25, 0.3) is 0 Å². The van der Waals surface area contributed by atoms with Crippen molar-refractivity contribution in [3.8, 4) is 5.75 Å². The molecule has 1 aromatic carbocycles. The lowest BCUT2D eigenvalue weighted by molar-refractivity contribution is 0.0702. The van der Waals surface area contributed by atoms with E-state index >= 15 is 0 Å². The van der Waals surface area contributed by atoms with E-state index in [1.807, 2.05) is 31.2 Å². The highest BCUT2D eigenvalue weighted by Gasteiger charge is 2.14. The van der Waals surface area contributed by atoms with E-state index in [2.05, 4.69) is 12.2 Å². The molecular formula is C16H19NO3S. The van der Waals surface area contributed by atoms with Crippen molar-refractivity contribution >= 4 is 17.3 Å². The quantitative estimate of drug-likeness (QED) is 0.856. The first-order chi connectivity index (χ1) is 10.0. The van der Waals surface area contributed by atoms with Gasteiger partial charge in [-0.2, -0.15) is 0 Å². The molecule has 0 fully saturated rings. The summed E-state index contributed by atoms with van der Waals surface area (Å²) in [5.41, 5.74) is 2.12. The summed E-state index contributed by atoms with van der Waals surface area (Å²) in [5, 5.41) is 12.4. The zero-order valence-electron chi connectivity index (χ0n) is 12.3. The predicted octanol–water partition coefficient (Wildman–Crippen LogP) is 3.61. The van der Waals surface area contributed by atoms with E-state index in [1.54, 1.807) is 13.2 Å². The highest BCUT2D eigenvalue weighted by molar-refractivity contribution is 7.14. The molecule has 1 aromatic heterocycles. The van der Waals surface area contributed by atoms with Crippen molar-refractivity contribution in [1.29, 1.82) is 0 Å². The van der Waals surface area contributed by atoms with Crippen LogP contribution in [0.3, 0.4) is 0 Å². The monoisotopic (exact) mass is 305 g/mol. The normalized spacial score (nSPS) is 12.1. The van der Waals surface area contributed by atoms with E-state index < -0.39 is 5.97 Å². The van der Waals surface area contributed by atoms with Crippen LogP contribution in [0.15, 0.2) is 30.3 Å². The molecule has 2 N–H and O–H groups in total. The number of methoxy groups -OCH3 is 1. The fourth-order valence-corrected chi connectivity index (χ4v) is 3.08. The van der Waals surface area contributed by atoms with Crippen molar-refractivity contribution < 1.29 is 14.6 Å². The molecule has 0 aliphatic heterocycles. The van der Waals surface area contributed by atoms with E-state index in [0.29, 0.717) is 11.4 Å². The van der Waals surface area contributed by atoms with Gasteiger partial charge in [0.15, 0.2) is 0 Å². The fourth-order valence-electron chi connectivity index (χ4n) is 2.20. The molecule has 4 nitrogen and oxygen atoms in total. The number of carbonyl (C=O) groups is 1. The van der Waals surface area contributed by atoms with Crippen LogP contribution in [-0.2, 0) is 6.54 Å². The summed E-state index contributed by atoms with van der Waals surface area (Å²) >= 11 is 1.31. The number of ether oxygens (including phenoxy) is 1. The lowest BCUT2D eigenvalue weighted by Gasteiger charge is -2.17. The summed E-state index contributed by atoms with van der Waals surface area (Å²) in [4.78, 5) is 12.4. The van der Waals surface area contributed by atoms with Gasteiger partial charge in [0, 0.05) is 23.0 Å². The zero-order valence-corrected chi connectivity index (χ0v) is 13.2. The lowest BCUT2D eigenvalue weighted by atomic mass is 10.1. The number of nitrogens with one attached hydrogen (secondary N) is 1. The standard InChI is InChI=1S/C16H19NO3S/c1-10(13-6-4-5-7-14(13)20-3)17-9-12-8-15(16(18)19)21-11(12)2/h4-8,10,17H,9H2,1-3H3,(H,18,19)/t10-/m0/s1. The Morgan fingerprint density at radius 3 is 2.76 bits per heavy atom. The van der Waals surface area contributed by atoms with Crippen LogP contribution in [0, 0.1) is 6.92 Å². The van der Waals surface area contributed by atoms with Crippen LogP contribution in [0.2, 0.25) is 0 Å². The van der Waals surface area contributed by atoms with Gasteiger partial charge in [-0.3, -0.25) is 0 Å². The van der Waals surface area contributed by atoms with Gasteiger partial charge in [0.05, 0.1) is 7.11 Å². The number of thiophene rings is 1. The van der Waals surface area contributed by atoms with Gasteiger partial charge in [-0.1, -0.05) is 18.2 Å². The highest BCUT2D eigenvalue weighted by Crippen LogP contribution is 2.26. The number of carboxylic acids is 1. The first kappa shape index (κ1) is 15.5. The van der Waals surface area contributed by atoms with Gasteiger partial charge in [0.2, 0.25) is 0 Å². The Labute approximate surface area is 128 Å². The van der Waals surface area contributed by atoms with Gasteiger partial charge in [-0.25, -0.2) is 4.79 Å². The van der Waals surface area contributed by atoms with Gasteiger partial charge in [-0.05, 0) is 31.5 Å². The minimum Gasteiger partial charge on any atom is -0.496 e. The average molecular weight is 305 g/mol. The van der Waals surface area contributed by atoms with Crippen LogP contribution in [0.4, 0.5) is 0 Å². The molecule has 0 amide bonds. The highest BCUT2D eigenvalue weighted by atomic mass is 32.1. The first-order valence-electron chi connectivity index (χ1n) is 6.71. The SMILES string of the molecule is COc1ccccc1[C@H](C)NCc1cc(C(=O)O)sc1C. The second kappa shape index (κ2) is 6.74. The average Bonchev–Trinajstić information content (AvgIpc) is 2.86. The number of aryl methyl sites for hydroxylation is 1. The molecule has 0 unspecified atom stereocenters. The fraction of sp³-hybridized carbons (Fsp3) is 0.312. The number of para-hydroxylation sites is 1. The summed E-state index contributed by atoms with van der Waals surface area (Å²) < 4.78 is 5.36. The van der Waals surface area contributed by atoms with Crippen molar-refractivity contribution in [1.82, 2.24) is 5.32 Å². The predicted molar refractivity (Wildman–Crippen MR) is 84.3 cm³/mol. The summed E-state index contributed by atoms with van der Waals surface area (Å²) in [5.74, 6) is -0.0158. The molecule has 0 aliphatic carbocycles. The van der Waals surface area contributed by atoms with E-state index in [9.17, 15) is 4.79 Å². The molecule has 2 rings (SSSR count). The maximum atomic E-state index is 11.0. The van der Waals surface area contributed by atoms with E-state index in [4.69, 9.17) is 9.84 Å². The third-order valence-electron chi connectivity index (χ3n) is 3.44. The van der Waals surface area contributed by atoms with E-state index in [-0.39, 0.29) is 6.04 Å². The number of hydrogen-bond donors (Lipinski definition) is 2. The molecule has 0 radical (unpaired) electrons. The van der Waals surface area contributed by atoms with Gasteiger partial charge >= 0.3 is 5.97 Å². The summed E-state index contributed by atoms with van der Waals surface area (Å²) in [7, 11) is 1.66. The molecule has 0 aliphatic rings. The maximum absolute atomic E-state index is 11.0. The molecule has 0 bridgehead atoms. The topological polar surface area (TPSA) is 58.6 Å². The van der Waals surface area contributed by atoms with Gasteiger partial charge in [-0.15, -0.1) is 11.3 Å². The van der Waals surface area contributed by atoms with Gasteiger partial charge in [0.1, 0.15) is 10.6 Å². The minimum atomic E-state index is -0.868. The van der Waals surface area contributed by atoms with Crippen LogP contribution < -0.4 is 10.1 Å². The Balaban J connectivity index is 2.07. The third-order valence-corrected chi connectivity index (χ3v) is 4.52. The largest absolute Gasteiger partial charge is 0.496 e. The Hall–Kier alpha value is -1.85. The van der Waals surface area contributed by atoms with Crippen molar-refractivity contribution in [2.24, 2.45) is 0 Å². The number of aromatic carboxylic acids is 1. The molecule has 0 saturated carbocycles. The Morgan fingerprint density at radius 1 is 1.43 bits per heavy atom. The maximum Gasteiger partial charge on any atom is 0.345 e. The summed E-state index contributed by atoms with van der Waals surface area (Å²) in [6.45, 7) is 4.65. The molecule has 21 heavy (non-hydrogen) atoms. The van der Waals surface area contributed by atoms with Crippen LogP contribution >= 0.6 is 11.3 Å². The van der Waals surface area contributed by atoms with Gasteiger partial charge in [0.25, 0.3) is 0 Å². The molecule has 112 valence electrons. The Bertz CT molecular complexity index is 636. The Kier molecular flexibility index (Phi) is 4.98. The van der Waals surface area contributed by atoms with Crippen molar-refractivity contribution in [3.63, 3.8) is 0 Å². The van der Waals surface area contributed by atoms with Crippen molar-refractivity contribution in [2.45, 2.75) is 26.4 Å². The number of hydrogen-bond acceptors (Lipinski definition) is 4. The smallest absolute Gasteiger partial charge is 0.345 e. The summed E-state index contributed by atoms with van der Waals surface area (Å²) in [6, 6.07) is 9.75. The second-order valence-electron chi connectivity index (χ2n) is 4.84. The molecule has 1 heterocycles. The molecule has 0 spiro atoms. The molecule has 0 saturated heterocycles. The molecule has 5 heteroatoms.